The molecule has 0 bridgehead atoms. The largest absolute Gasteiger partial charge is 0.493 e. The van der Waals surface area contributed by atoms with Gasteiger partial charge in [-0.1, -0.05) is 40.2 Å². The van der Waals surface area contributed by atoms with Crippen LogP contribution in [0.2, 0.25) is 0 Å². The molecule has 0 aliphatic carbocycles. The molecule has 2 aromatic rings. The molecule has 0 unspecified atom stereocenters. The molecule has 2 aromatic carbocycles. The number of ether oxygens (including phenoxy) is 2. The van der Waals surface area contributed by atoms with Gasteiger partial charge >= 0.3 is 0 Å². The number of halogens is 1. The first-order chi connectivity index (χ1) is 14.5. The number of imide groups is 1. The van der Waals surface area contributed by atoms with Gasteiger partial charge in [-0.3, -0.25) is 14.5 Å². The van der Waals surface area contributed by atoms with E-state index in [1.165, 1.54) is 4.90 Å². The van der Waals surface area contributed by atoms with Crippen LogP contribution in [0.4, 0.5) is 4.79 Å². The van der Waals surface area contributed by atoms with Crippen LogP contribution in [-0.2, 0) is 17.8 Å². The van der Waals surface area contributed by atoms with Crippen LogP contribution in [0.15, 0.2) is 58.4 Å². The molecule has 0 N–H and O–H groups in total. The molecule has 0 radical (unpaired) electrons. The molecule has 5 nitrogen and oxygen atoms in total. The van der Waals surface area contributed by atoms with E-state index in [-0.39, 0.29) is 17.7 Å². The van der Waals surface area contributed by atoms with Crippen molar-refractivity contribution >= 4 is 44.9 Å². The van der Waals surface area contributed by atoms with E-state index >= 15 is 0 Å². The van der Waals surface area contributed by atoms with E-state index in [1.54, 1.807) is 19.3 Å². The Morgan fingerprint density at radius 2 is 1.97 bits per heavy atom. The summed E-state index contributed by atoms with van der Waals surface area (Å²) in [6, 6.07) is 11.3. The standard InChI is InChI=1S/C23H22BrNO4S/c1-4-8-16-11-15(12-19(29-5-2)21(16)28-3)13-20-22(26)25(23(27)30-20)14-17-9-6-7-10-18(17)24/h4,6-7,9-13H,1,5,8,14H2,2-3H3/b20-13-. The number of nitrogens with zero attached hydrogens (tertiary/aromatic N) is 1. The first-order valence-electron chi connectivity index (χ1n) is 9.41. The van der Waals surface area contributed by atoms with Crippen molar-refractivity contribution in [1.29, 1.82) is 0 Å². The average Bonchev–Trinajstić information content (AvgIpc) is 2.97. The molecule has 0 spiro atoms. The van der Waals surface area contributed by atoms with Gasteiger partial charge in [-0.05, 0) is 60.5 Å². The van der Waals surface area contributed by atoms with Crippen molar-refractivity contribution < 1.29 is 19.1 Å². The molecule has 1 fully saturated rings. The highest BCUT2D eigenvalue weighted by atomic mass is 79.9. The van der Waals surface area contributed by atoms with Gasteiger partial charge in [0.25, 0.3) is 11.1 Å². The van der Waals surface area contributed by atoms with Gasteiger partial charge < -0.3 is 9.47 Å². The highest BCUT2D eigenvalue weighted by Gasteiger charge is 2.35. The molecule has 2 amide bonds. The monoisotopic (exact) mass is 487 g/mol. The van der Waals surface area contributed by atoms with E-state index < -0.39 is 0 Å². The molecule has 1 saturated heterocycles. The summed E-state index contributed by atoms with van der Waals surface area (Å²) in [5.41, 5.74) is 2.54. The summed E-state index contributed by atoms with van der Waals surface area (Å²) in [5.74, 6) is 0.939. The lowest BCUT2D eigenvalue weighted by Gasteiger charge is -2.15. The molecular formula is C23H22BrNO4S. The summed E-state index contributed by atoms with van der Waals surface area (Å²) < 4.78 is 12.1. The van der Waals surface area contributed by atoms with Gasteiger partial charge in [-0.2, -0.15) is 0 Å². The van der Waals surface area contributed by atoms with Crippen molar-refractivity contribution in [3.05, 3.63) is 75.1 Å². The summed E-state index contributed by atoms with van der Waals surface area (Å²) in [7, 11) is 1.59. The molecule has 7 heteroatoms. The third kappa shape index (κ3) is 4.79. The maximum Gasteiger partial charge on any atom is 0.293 e. The minimum atomic E-state index is -0.306. The summed E-state index contributed by atoms with van der Waals surface area (Å²) in [6.07, 6.45) is 4.09. The van der Waals surface area contributed by atoms with E-state index in [2.05, 4.69) is 22.5 Å². The third-order valence-electron chi connectivity index (χ3n) is 4.48. The number of allylic oxidation sites excluding steroid dienone is 1. The molecule has 156 valence electrons. The van der Waals surface area contributed by atoms with Gasteiger partial charge in [0.15, 0.2) is 11.5 Å². The lowest BCUT2D eigenvalue weighted by molar-refractivity contribution is -0.123. The van der Waals surface area contributed by atoms with Gasteiger partial charge in [0, 0.05) is 10.0 Å². The van der Waals surface area contributed by atoms with Crippen LogP contribution in [0.3, 0.4) is 0 Å². The predicted octanol–water partition coefficient (Wildman–Crippen LogP) is 5.82. The Labute approximate surface area is 188 Å². The number of carbonyl (C=O) groups is 2. The van der Waals surface area contributed by atoms with Crippen LogP contribution in [0.1, 0.15) is 23.6 Å². The Balaban J connectivity index is 1.93. The van der Waals surface area contributed by atoms with E-state index in [1.807, 2.05) is 43.3 Å². The van der Waals surface area contributed by atoms with Crippen molar-refractivity contribution in [3.63, 3.8) is 0 Å². The van der Waals surface area contributed by atoms with Gasteiger partial charge in [0.05, 0.1) is 25.2 Å². The maximum atomic E-state index is 12.9. The fourth-order valence-corrected chi connectivity index (χ4v) is 4.40. The van der Waals surface area contributed by atoms with Crippen LogP contribution in [0.25, 0.3) is 6.08 Å². The second-order valence-corrected chi connectivity index (χ2v) is 8.34. The van der Waals surface area contributed by atoms with Crippen molar-refractivity contribution in [2.75, 3.05) is 13.7 Å². The smallest absolute Gasteiger partial charge is 0.293 e. The maximum absolute atomic E-state index is 12.9. The summed E-state index contributed by atoms with van der Waals surface area (Å²) in [6.45, 7) is 6.39. The second kappa shape index (κ2) is 10.00. The zero-order chi connectivity index (χ0) is 21.7. The van der Waals surface area contributed by atoms with Crippen LogP contribution < -0.4 is 9.47 Å². The average molecular weight is 488 g/mol. The first-order valence-corrected chi connectivity index (χ1v) is 11.0. The third-order valence-corrected chi connectivity index (χ3v) is 6.16. The molecular weight excluding hydrogens is 466 g/mol. The summed E-state index contributed by atoms with van der Waals surface area (Å²) in [4.78, 5) is 27.0. The molecule has 1 aliphatic rings. The quantitative estimate of drug-likeness (QED) is 0.346. The van der Waals surface area contributed by atoms with Gasteiger partial charge in [0.1, 0.15) is 0 Å². The predicted molar refractivity (Wildman–Crippen MR) is 124 cm³/mol. The fraction of sp³-hybridized carbons (Fsp3) is 0.217. The van der Waals surface area contributed by atoms with Crippen molar-refractivity contribution in [3.8, 4) is 11.5 Å². The van der Waals surface area contributed by atoms with Crippen LogP contribution in [-0.4, -0.2) is 29.8 Å². The van der Waals surface area contributed by atoms with E-state index in [0.29, 0.717) is 29.4 Å². The number of methoxy groups -OCH3 is 1. The highest BCUT2D eigenvalue weighted by molar-refractivity contribution is 9.10. The minimum absolute atomic E-state index is 0.220. The lowest BCUT2D eigenvalue weighted by Crippen LogP contribution is -2.27. The Morgan fingerprint density at radius 1 is 1.20 bits per heavy atom. The zero-order valence-electron chi connectivity index (χ0n) is 16.8. The number of carbonyl (C=O) groups excluding carboxylic acids is 2. The Kier molecular flexibility index (Phi) is 7.39. The topological polar surface area (TPSA) is 55.8 Å². The SMILES string of the molecule is C=CCc1cc(/C=C2\SC(=O)N(Cc3ccccc3Br)C2=O)cc(OCC)c1OC. The number of hydrogen-bond donors (Lipinski definition) is 0. The Bertz CT molecular complexity index is 1020. The Morgan fingerprint density at radius 3 is 2.63 bits per heavy atom. The summed E-state index contributed by atoms with van der Waals surface area (Å²) >= 11 is 4.41. The van der Waals surface area contributed by atoms with Crippen molar-refractivity contribution in [2.45, 2.75) is 19.9 Å². The number of benzene rings is 2. The minimum Gasteiger partial charge on any atom is -0.493 e. The summed E-state index contributed by atoms with van der Waals surface area (Å²) in [5, 5.41) is -0.285. The van der Waals surface area contributed by atoms with Crippen LogP contribution in [0.5, 0.6) is 11.5 Å². The van der Waals surface area contributed by atoms with E-state index in [0.717, 1.165) is 32.9 Å². The normalized spacial score (nSPS) is 15.0. The number of thioether (sulfide) groups is 1. The van der Waals surface area contributed by atoms with Crippen LogP contribution in [0, 0.1) is 0 Å². The molecule has 1 heterocycles. The first kappa shape index (κ1) is 22.2. The van der Waals surface area contributed by atoms with E-state index in [4.69, 9.17) is 9.47 Å². The highest BCUT2D eigenvalue weighted by Crippen LogP contribution is 2.37. The fourth-order valence-electron chi connectivity index (χ4n) is 3.15. The number of rotatable bonds is 8. The molecule has 1 aliphatic heterocycles. The Hall–Kier alpha value is -2.51. The number of amides is 2. The molecule has 3 rings (SSSR count). The van der Waals surface area contributed by atoms with Gasteiger partial charge in [0.2, 0.25) is 0 Å². The van der Waals surface area contributed by atoms with Gasteiger partial charge in [-0.15, -0.1) is 6.58 Å². The zero-order valence-corrected chi connectivity index (χ0v) is 19.2. The van der Waals surface area contributed by atoms with Crippen molar-refractivity contribution in [1.82, 2.24) is 4.90 Å². The second-order valence-electron chi connectivity index (χ2n) is 6.50. The number of hydrogen-bond acceptors (Lipinski definition) is 5. The molecule has 0 atom stereocenters. The van der Waals surface area contributed by atoms with Crippen LogP contribution >= 0.6 is 27.7 Å². The molecule has 0 aromatic heterocycles. The van der Waals surface area contributed by atoms with Crippen molar-refractivity contribution in [2.24, 2.45) is 0 Å². The van der Waals surface area contributed by atoms with Gasteiger partial charge in [-0.25, -0.2) is 0 Å². The lowest BCUT2D eigenvalue weighted by atomic mass is 10.0. The molecule has 0 saturated carbocycles. The molecule has 30 heavy (non-hydrogen) atoms. The van der Waals surface area contributed by atoms with E-state index in [9.17, 15) is 9.59 Å².